The molecule has 1 unspecified atom stereocenters. The van der Waals surface area contributed by atoms with Crippen LogP contribution in [0.15, 0.2) is 72.4 Å². The average molecular weight is 477 g/mol. The van der Waals surface area contributed by atoms with Crippen LogP contribution in [0.5, 0.6) is 5.75 Å². The zero-order valence-corrected chi connectivity index (χ0v) is 19.9. The Labute approximate surface area is 203 Å². The number of aliphatic hydroxyl groups is 1. The number of hydrogen-bond donors (Lipinski definition) is 1. The Morgan fingerprint density at radius 3 is 2.44 bits per heavy atom. The number of rotatable bonds is 6. The van der Waals surface area contributed by atoms with Gasteiger partial charge < -0.3 is 14.7 Å². The van der Waals surface area contributed by atoms with Crippen molar-refractivity contribution in [1.29, 1.82) is 0 Å². The van der Waals surface area contributed by atoms with Gasteiger partial charge in [0.25, 0.3) is 11.7 Å². The quantitative estimate of drug-likeness (QED) is 0.289. The molecular weight excluding hydrogens is 452 g/mol. The van der Waals surface area contributed by atoms with Crippen LogP contribution in [0, 0.1) is 0 Å². The van der Waals surface area contributed by atoms with Crippen LogP contribution in [-0.2, 0) is 16.1 Å². The first-order valence-electron chi connectivity index (χ1n) is 10.9. The normalized spacial score (nSPS) is 17.4. The van der Waals surface area contributed by atoms with Gasteiger partial charge in [-0.05, 0) is 47.4 Å². The van der Waals surface area contributed by atoms with Crippen molar-refractivity contribution in [3.8, 4) is 5.75 Å². The molecule has 7 heteroatoms. The summed E-state index contributed by atoms with van der Waals surface area (Å²) in [4.78, 5) is 32.1. The fraction of sp³-hybridized carbons (Fsp3) is 0.222. The third-order valence-electron chi connectivity index (χ3n) is 5.94. The van der Waals surface area contributed by atoms with Crippen molar-refractivity contribution in [1.82, 2.24) is 9.88 Å². The maximum atomic E-state index is 13.2. The van der Waals surface area contributed by atoms with Crippen molar-refractivity contribution >= 4 is 29.1 Å². The minimum absolute atomic E-state index is 0.0134. The van der Waals surface area contributed by atoms with Gasteiger partial charge >= 0.3 is 0 Å². The number of hydrogen-bond acceptors (Lipinski definition) is 5. The Hall–Kier alpha value is -3.64. The lowest BCUT2D eigenvalue weighted by atomic mass is 9.93. The van der Waals surface area contributed by atoms with Gasteiger partial charge in [-0.25, -0.2) is 0 Å². The average Bonchev–Trinajstić information content (AvgIpc) is 3.09. The molecule has 174 valence electrons. The zero-order chi connectivity index (χ0) is 24.4. The highest BCUT2D eigenvalue weighted by Gasteiger charge is 2.46. The van der Waals surface area contributed by atoms with Crippen LogP contribution in [0.1, 0.15) is 48.2 Å². The SMILES string of the molecule is COc1ccc(/C(O)=C2/C(=O)C(=O)N(Cc3ccccn3)C2c2ccc(C(C)C)cc2)cc1Cl. The Balaban J connectivity index is 1.85. The van der Waals surface area contributed by atoms with E-state index in [1.54, 1.807) is 30.5 Å². The molecule has 1 aromatic heterocycles. The van der Waals surface area contributed by atoms with Crippen LogP contribution >= 0.6 is 11.6 Å². The molecule has 1 amide bonds. The summed E-state index contributed by atoms with van der Waals surface area (Å²) < 4.78 is 5.18. The molecule has 2 heterocycles. The van der Waals surface area contributed by atoms with Crippen LogP contribution in [0.25, 0.3) is 5.76 Å². The van der Waals surface area contributed by atoms with Gasteiger partial charge in [0, 0.05) is 11.8 Å². The number of ether oxygens (including phenoxy) is 1. The van der Waals surface area contributed by atoms with Gasteiger partial charge in [-0.3, -0.25) is 14.6 Å². The van der Waals surface area contributed by atoms with Crippen LogP contribution < -0.4 is 4.74 Å². The molecule has 2 aromatic carbocycles. The first kappa shape index (κ1) is 23.5. The summed E-state index contributed by atoms with van der Waals surface area (Å²) in [6.45, 7) is 4.31. The predicted molar refractivity (Wildman–Crippen MR) is 131 cm³/mol. The Morgan fingerprint density at radius 2 is 1.85 bits per heavy atom. The number of benzene rings is 2. The fourth-order valence-corrected chi connectivity index (χ4v) is 4.35. The number of halogens is 1. The first-order chi connectivity index (χ1) is 16.3. The smallest absolute Gasteiger partial charge is 0.296 e. The molecule has 4 rings (SSSR count). The second kappa shape index (κ2) is 9.69. The highest BCUT2D eigenvalue weighted by Crippen LogP contribution is 2.41. The second-order valence-corrected chi connectivity index (χ2v) is 8.83. The topological polar surface area (TPSA) is 79.7 Å². The summed E-state index contributed by atoms with van der Waals surface area (Å²) in [5, 5.41) is 11.5. The van der Waals surface area contributed by atoms with Crippen molar-refractivity contribution in [2.75, 3.05) is 7.11 Å². The highest BCUT2D eigenvalue weighted by atomic mass is 35.5. The highest BCUT2D eigenvalue weighted by molar-refractivity contribution is 6.46. The number of carbonyl (C=O) groups excluding carboxylic acids is 2. The summed E-state index contributed by atoms with van der Waals surface area (Å²) in [5.74, 6) is -0.961. The number of Topliss-reactive ketones (excluding diaryl/α,β-unsaturated/α-hetero) is 1. The van der Waals surface area contributed by atoms with Gasteiger partial charge in [0.2, 0.25) is 0 Å². The standard InChI is InChI=1S/C27H25ClN2O4/c1-16(2)17-7-9-18(10-8-17)24-23(25(31)19-11-12-22(34-3)21(28)14-19)26(32)27(33)30(24)15-20-6-4-5-13-29-20/h4-14,16,24,31H,15H2,1-3H3/b25-23-. The molecule has 1 saturated heterocycles. The molecule has 0 spiro atoms. The van der Waals surface area contributed by atoms with E-state index in [0.29, 0.717) is 22.9 Å². The number of carbonyl (C=O) groups is 2. The predicted octanol–water partition coefficient (Wildman–Crippen LogP) is 5.49. The Morgan fingerprint density at radius 1 is 1.12 bits per heavy atom. The fourth-order valence-electron chi connectivity index (χ4n) is 4.09. The number of methoxy groups -OCH3 is 1. The number of pyridine rings is 1. The molecule has 0 bridgehead atoms. The van der Waals surface area contributed by atoms with Crippen LogP contribution in [-0.4, -0.2) is 33.8 Å². The third kappa shape index (κ3) is 4.41. The molecule has 3 aromatic rings. The maximum absolute atomic E-state index is 13.2. The van der Waals surface area contributed by atoms with Gasteiger partial charge in [-0.15, -0.1) is 0 Å². The van der Waals surface area contributed by atoms with Gasteiger partial charge in [0.1, 0.15) is 11.5 Å². The lowest BCUT2D eigenvalue weighted by Gasteiger charge is -2.25. The van der Waals surface area contributed by atoms with E-state index in [9.17, 15) is 14.7 Å². The molecule has 34 heavy (non-hydrogen) atoms. The van der Waals surface area contributed by atoms with Crippen molar-refractivity contribution < 1.29 is 19.4 Å². The Bertz CT molecular complexity index is 1250. The lowest BCUT2D eigenvalue weighted by molar-refractivity contribution is -0.140. The van der Waals surface area contributed by atoms with Gasteiger partial charge in [-0.1, -0.05) is 55.8 Å². The van der Waals surface area contributed by atoms with E-state index in [1.807, 2.05) is 30.3 Å². The number of likely N-dealkylation sites (tertiary alicyclic amines) is 1. The minimum Gasteiger partial charge on any atom is -0.507 e. The largest absolute Gasteiger partial charge is 0.507 e. The van der Waals surface area contributed by atoms with Crippen molar-refractivity contribution in [3.05, 3.63) is 99.8 Å². The van der Waals surface area contributed by atoms with Crippen molar-refractivity contribution in [3.63, 3.8) is 0 Å². The Kier molecular flexibility index (Phi) is 6.70. The summed E-state index contributed by atoms with van der Waals surface area (Å²) >= 11 is 6.25. The molecular formula is C27H25ClN2O4. The van der Waals surface area contributed by atoms with E-state index in [-0.39, 0.29) is 22.9 Å². The summed E-state index contributed by atoms with van der Waals surface area (Å²) in [7, 11) is 1.49. The molecule has 0 saturated carbocycles. The number of aromatic nitrogens is 1. The lowest BCUT2D eigenvalue weighted by Crippen LogP contribution is -2.29. The van der Waals surface area contributed by atoms with E-state index in [1.165, 1.54) is 18.1 Å². The van der Waals surface area contributed by atoms with Crippen LogP contribution in [0.2, 0.25) is 5.02 Å². The van der Waals surface area contributed by atoms with E-state index >= 15 is 0 Å². The summed E-state index contributed by atoms with van der Waals surface area (Å²) in [6.07, 6.45) is 1.64. The van der Waals surface area contributed by atoms with E-state index in [2.05, 4.69) is 18.8 Å². The summed E-state index contributed by atoms with van der Waals surface area (Å²) in [6, 6.07) is 17.1. The number of nitrogens with zero attached hydrogens (tertiary/aromatic N) is 2. The van der Waals surface area contributed by atoms with Crippen molar-refractivity contribution in [2.45, 2.75) is 32.4 Å². The number of amides is 1. The molecule has 1 fully saturated rings. The monoisotopic (exact) mass is 476 g/mol. The first-order valence-corrected chi connectivity index (χ1v) is 11.3. The molecule has 1 N–H and O–H groups in total. The maximum Gasteiger partial charge on any atom is 0.296 e. The van der Waals surface area contributed by atoms with Gasteiger partial charge in [0.05, 0.1) is 36.0 Å². The minimum atomic E-state index is -0.774. The third-order valence-corrected chi connectivity index (χ3v) is 6.24. The number of aliphatic hydroxyl groups excluding tert-OH is 1. The molecule has 1 atom stereocenters. The van der Waals surface area contributed by atoms with E-state index in [0.717, 1.165) is 11.1 Å². The molecule has 0 radical (unpaired) electrons. The van der Waals surface area contributed by atoms with E-state index < -0.39 is 17.7 Å². The molecule has 0 aliphatic carbocycles. The molecule has 6 nitrogen and oxygen atoms in total. The number of ketones is 1. The van der Waals surface area contributed by atoms with Gasteiger partial charge in [0.15, 0.2) is 0 Å². The molecule has 1 aliphatic rings. The zero-order valence-electron chi connectivity index (χ0n) is 19.2. The molecule has 1 aliphatic heterocycles. The van der Waals surface area contributed by atoms with E-state index in [4.69, 9.17) is 16.3 Å². The van der Waals surface area contributed by atoms with Crippen LogP contribution in [0.4, 0.5) is 0 Å². The summed E-state index contributed by atoms with van der Waals surface area (Å²) in [5.41, 5.74) is 2.83. The van der Waals surface area contributed by atoms with Gasteiger partial charge in [-0.2, -0.15) is 0 Å². The van der Waals surface area contributed by atoms with Crippen molar-refractivity contribution in [2.24, 2.45) is 0 Å². The second-order valence-electron chi connectivity index (χ2n) is 8.42. The van der Waals surface area contributed by atoms with Crippen LogP contribution in [0.3, 0.4) is 0 Å².